The first-order valence-electron chi connectivity index (χ1n) is 7.52. The number of nitrogens with zero attached hydrogens (tertiary/aromatic N) is 2. The lowest BCUT2D eigenvalue weighted by Crippen LogP contribution is -2.20. The second-order valence-electron chi connectivity index (χ2n) is 6.14. The molecule has 4 heteroatoms. The Morgan fingerprint density at radius 3 is 3.00 bits per heavy atom. The van der Waals surface area contributed by atoms with Crippen LogP contribution >= 0.6 is 0 Å². The first kappa shape index (κ1) is 12.8. The summed E-state index contributed by atoms with van der Waals surface area (Å²) in [5.74, 6) is 0.614. The summed E-state index contributed by atoms with van der Waals surface area (Å²) in [7, 11) is 2.20. The van der Waals surface area contributed by atoms with Gasteiger partial charge in [0.05, 0.1) is 11.7 Å². The van der Waals surface area contributed by atoms with Gasteiger partial charge < -0.3 is 10.7 Å². The number of pyridine rings is 1. The van der Waals surface area contributed by atoms with Crippen molar-refractivity contribution in [2.45, 2.75) is 12.5 Å². The van der Waals surface area contributed by atoms with Gasteiger partial charge in [-0.15, -0.1) is 0 Å². The number of H-pyrrole nitrogens is 1. The molecule has 1 saturated heterocycles. The molecule has 0 saturated carbocycles. The first-order chi connectivity index (χ1) is 10.3. The number of aromatic nitrogens is 2. The highest BCUT2D eigenvalue weighted by atomic mass is 15.2. The van der Waals surface area contributed by atoms with Crippen LogP contribution in [-0.2, 0) is 0 Å². The highest BCUT2D eigenvalue weighted by Crippen LogP contribution is 2.36. The average Bonchev–Trinajstić information content (AvgIpc) is 3.07. The van der Waals surface area contributed by atoms with Crippen LogP contribution in [0.4, 0.5) is 0 Å². The normalized spacial score (nSPS) is 23.3. The fraction of sp³-hybridized carbons (Fsp3) is 0.353. The Morgan fingerprint density at radius 2 is 2.19 bits per heavy atom. The van der Waals surface area contributed by atoms with Crippen LogP contribution in [0.15, 0.2) is 36.7 Å². The lowest BCUT2D eigenvalue weighted by atomic mass is 9.98. The molecule has 1 aliphatic rings. The molecule has 1 aromatic carbocycles. The van der Waals surface area contributed by atoms with Crippen molar-refractivity contribution < 1.29 is 0 Å². The fourth-order valence-electron chi connectivity index (χ4n) is 3.64. The summed E-state index contributed by atoms with van der Waals surface area (Å²) in [6.45, 7) is 1.87. The minimum atomic E-state index is 0.481. The maximum atomic E-state index is 5.85. The average molecular weight is 280 g/mol. The molecule has 108 valence electrons. The summed E-state index contributed by atoms with van der Waals surface area (Å²) in [4.78, 5) is 10.0. The quantitative estimate of drug-likeness (QED) is 0.758. The van der Waals surface area contributed by atoms with E-state index in [0.29, 0.717) is 12.0 Å². The molecular weight excluding hydrogens is 260 g/mol. The molecule has 3 N–H and O–H groups in total. The summed E-state index contributed by atoms with van der Waals surface area (Å²) >= 11 is 0. The molecule has 2 atom stereocenters. The summed E-state index contributed by atoms with van der Waals surface area (Å²) in [6.07, 6.45) is 4.90. The zero-order valence-electron chi connectivity index (χ0n) is 12.2. The molecule has 3 heterocycles. The molecule has 0 bridgehead atoms. The summed E-state index contributed by atoms with van der Waals surface area (Å²) in [5, 5.41) is 2.53. The highest BCUT2D eigenvalue weighted by molar-refractivity contribution is 6.07. The van der Waals surface area contributed by atoms with Gasteiger partial charge in [0.15, 0.2) is 0 Å². The number of rotatable bonds is 2. The maximum absolute atomic E-state index is 5.85. The van der Waals surface area contributed by atoms with E-state index in [1.54, 1.807) is 0 Å². The predicted molar refractivity (Wildman–Crippen MR) is 86.1 cm³/mol. The molecule has 0 spiro atoms. The molecule has 0 aliphatic carbocycles. The second kappa shape index (κ2) is 4.83. The molecule has 0 amide bonds. The largest absolute Gasteiger partial charge is 0.353 e. The van der Waals surface area contributed by atoms with Gasteiger partial charge in [-0.3, -0.25) is 9.88 Å². The highest BCUT2D eigenvalue weighted by Gasteiger charge is 2.29. The van der Waals surface area contributed by atoms with E-state index in [1.807, 2.05) is 12.4 Å². The number of hydrogen-bond acceptors (Lipinski definition) is 3. The SMILES string of the molecule is CN1CC(CN)CC1c1ccc2[nH]c3cnccc3c2c1. The number of likely N-dealkylation sites (tertiary alicyclic amines) is 1. The van der Waals surface area contributed by atoms with E-state index in [1.165, 1.54) is 21.9 Å². The molecule has 0 radical (unpaired) electrons. The number of fused-ring (bicyclic) bond motifs is 3. The lowest BCUT2D eigenvalue weighted by molar-refractivity contribution is 0.314. The van der Waals surface area contributed by atoms with E-state index < -0.39 is 0 Å². The first-order valence-corrected chi connectivity index (χ1v) is 7.52. The zero-order valence-corrected chi connectivity index (χ0v) is 12.2. The molecule has 4 nitrogen and oxygen atoms in total. The van der Waals surface area contributed by atoms with Gasteiger partial charge in [0.25, 0.3) is 0 Å². The van der Waals surface area contributed by atoms with Crippen LogP contribution in [-0.4, -0.2) is 35.0 Å². The van der Waals surface area contributed by atoms with Gasteiger partial charge in [-0.05, 0) is 49.7 Å². The zero-order chi connectivity index (χ0) is 14.4. The van der Waals surface area contributed by atoms with Gasteiger partial charge in [0, 0.05) is 35.1 Å². The minimum Gasteiger partial charge on any atom is -0.353 e. The van der Waals surface area contributed by atoms with Gasteiger partial charge in [-0.1, -0.05) is 6.07 Å². The summed E-state index contributed by atoms with van der Waals surface area (Å²) < 4.78 is 0. The minimum absolute atomic E-state index is 0.481. The number of nitrogens with one attached hydrogen (secondary N) is 1. The summed E-state index contributed by atoms with van der Waals surface area (Å²) in [5.41, 5.74) is 9.51. The fourth-order valence-corrected chi connectivity index (χ4v) is 3.64. The van der Waals surface area contributed by atoms with Crippen molar-refractivity contribution in [1.29, 1.82) is 0 Å². The van der Waals surface area contributed by atoms with Crippen molar-refractivity contribution >= 4 is 21.8 Å². The van der Waals surface area contributed by atoms with Gasteiger partial charge >= 0.3 is 0 Å². The van der Waals surface area contributed by atoms with Gasteiger partial charge in [0.1, 0.15) is 0 Å². The molecular formula is C17H20N4. The van der Waals surface area contributed by atoms with Crippen LogP contribution in [0, 0.1) is 5.92 Å². The van der Waals surface area contributed by atoms with Crippen LogP contribution in [0.3, 0.4) is 0 Å². The summed E-state index contributed by atoms with van der Waals surface area (Å²) in [6, 6.07) is 9.32. The van der Waals surface area contributed by atoms with Crippen LogP contribution in [0.2, 0.25) is 0 Å². The molecule has 3 aromatic rings. The molecule has 21 heavy (non-hydrogen) atoms. The molecule has 2 unspecified atom stereocenters. The van der Waals surface area contributed by atoms with E-state index in [-0.39, 0.29) is 0 Å². The third-order valence-corrected chi connectivity index (χ3v) is 4.78. The number of benzene rings is 1. The Morgan fingerprint density at radius 1 is 1.29 bits per heavy atom. The monoisotopic (exact) mass is 280 g/mol. The number of aromatic amines is 1. The van der Waals surface area contributed by atoms with Crippen LogP contribution in [0.5, 0.6) is 0 Å². The van der Waals surface area contributed by atoms with Gasteiger partial charge in [-0.25, -0.2) is 0 Å². The van der Waals surface area contributed by atoms with E-state index in [4.69, 9.17) is 5.73 Å². The smallest absolute Gasteiger partial charge is 0.0651 e. The van der Waals surface area contributed by atoms with Gasteiger partial charge in [0.2, 0.25) is 0 Å². The molecule has 4 rings (SSSR count). The Labute approximate surface area is 124 Å². The molecule has 2 aromatic heterocycles. The molecule has 1 fully saturated rings. The second-order valence-corrected chi connectivity index (χ2v) is 6.14. The Hall–Kier alpha value is -1.91. The standard InChI is InChI=1S/C17H20N4/c1-21-10-11(8-18)6-17(21)12-2-3-15-14(7-12)13-4-5-19-9-16(13)20-15/h2-5,7,9,11,17,20H,6,8,10,18H2,1H3. The lowest BCUT2D eigenvalue weighted by Gasteiger charge is -2.19. The maximum Gasteiger partial charge on any atom is 0.0651 e. The Bertz CT molecular complexity index is 792. The van der Waals surface area contributed by atoms with Crippen LogP contribution < -0.4 is 5.73 Å². The predicted octanol–water partition coefficient (Wildman–Crippen LogP) is 2.67. The molecule has 1 aliphatic heterocycles. The van der Waals surface area contributed by atoms with Crippen molar-refractivity contribution in [3.63, 3.8) is 0 Å². The van der Waals surface area contributed by atoms with Crippen LogP contribution in [0.25, 0.3) is 21.8 Å². The van der Waals surface area contributed by atoms with E-state index in [9.17, 15) is 0 Å². The van der Waals surface area contributed by atoms with Crippen molar-refractivity contribution in [2.75, 3.05) is 20.1 Å². The van der Waals surface area contributed by atoms with Crippen molar-refractivity contribution in [3.05, 3.63) is 42.2 Å². The third-order valence-electron chi connectivity index (χ3n) is 4.78. The van der Waals surface area contributed by atoms with Crippen molar-refractivity contribution in [1.82, 2.24) is 14.9 Å². The Kier molecular flexibility index (Phi) is 2.94. The topological polar surface area (TPSA) is 57.9 Å². The number of hydrogen-bond donors (Lipinski definition) is 2. The van der Waals surface area contributed by atoms with Crippen molar-refractivity contribution in [3.8, 4) is 0 Å². The number of nitrogens with two attached hydrogens (primary N) is 1. The van der Waals surface area contributed by atoms with Crippen molar-refractivity contribution in [2.24, 2.45) is 11.7 Å². The van der Waals surface area contributed by atoms with E-state index >= 15 is 0 Å². The Balaban J connectivity index is 1.81. The third kappa shape index (κ3) is 2.03. The van der Waals surface area contributed by atoms with E-state index in [0.717, 1.165) is 25.0 Å². The van der Waals surface area contributed by atoms with Gasteiger partial charge in [-0.2, -0.15) is 0 Å². The van der Waals surface area contributed by atoms with Crippen LogP contribution in [0.1, 0.15) is 18.0 Å². The van der Waals surface area contributed by atoms with E-state index in [2.05, 4.69) is 46.2 Å².